The highest BCUT2D eigenvalue weighted by Gasteiger charge is 2.38. The monoisotopic (exact) mass is 238 g/mol. The van der Waals surface area contributed by atoms with Gasteiger partial charge in [0, 0.05) is 25.2 Å². The molecule has 2 bridgehead atoms. The lowest BCUT2D eigenvalue weighted by atomic mass is 10.1. The van der Waals surface area contributed by atoms with Crippen molar-refractivity contribution in [3.05, 3.63) is 0 Å². The van der Waals surface area contributed by atoms with Gasteiger partial charge in [-0.2, -0.15) is 0 Å². The Morgan fingerprint density at radius 1 is 1.24 bits per heavy atom. The van der Waals surface area contributed by atoms with Crippen LogP contribution in [-0.2, 0) is 9.53 Å². The van der Waals surface area contributed by atoms with Gasteiger partial charge in [0.2, 0.25) is 5.91 Å². The third-order valence-corrected chi connectivity index (χ3v) is 4.37. The maximum Gasteiger partial charge on any atom is 0.225 e. The zero-order valence-corrected chi connectivity index (χ0v) is 10.4. The molecule has 0 aliphatic carbocycles. The fourth-order valence-electron chi connectivity index (χ4n) is 3.50. The number of rotatable bonds is 2. The van der Waals surface area contributed by atoms with Gasteiger partial charge in [-0.25, -0.2) is 0 Å². The molecule has 0 aromatic rings. The van der Waals surface area contributed by atoms with E-state index in [4.69, 9.17) is 4.74 Å². The summed E-state index contributed by atoms with van der Waals surface area (Å²) in [5.74, 6) is 0.327. The Balaban J connectivity index is 1.63. The van der Waals surface area contributed by atoms with Crippen LogP contribution in [-0.4, -0.2) is 48.7 Å². The van der Waals surface area contributed by atoms with Crippen molar-refractivity contribution in [1.29, 1.82) is 0 Å². The molecule has 3 aliphatic heterocycles. The second-order valence-electron chi connectivity index (χ2n) is 5.52. The molecule has 3 rings (SSSR count). The number of hydrogen-bond acceptors (Lipinski definition) is 3. The summed E-state index contributed by atoms with van der Waals surface area (Å²) < 4.78 is 5.57. The number of hydrogen-bond donors (Lipinski definition) is 1. The summed E-state index contributed by atoms with van der Waals surface area (Å²) in [7, 11) is 0. The highest BCUT2D eigenvalue weighted by Crippen LogP contribution is 2.29. The van der Waals surface area contributed by atoms with E-state index in [1.807, 2.05) is 0 Å². The molecule has 4 heteroatoms. The summed E-state index contributed by atoms with van der Waals surface area (Å²) in [6, 6.07) is 0.931. The number of carbonyl (C=O) groups excluding carboxylic acids is 1. The van der Waals surface area contributed by atoms with Gasteiger partial charge in [-0.05, 0) is 38.6 Å². The zero-order chi connectivity index (χ0) is 11.7. The molecule has 3 unspecified atom stereocenters. The van der Waals surface area contributed by atoms with Gasteiger partial charge in [-0.1, -0.05) is 0 Å². The molecule has 0 radical (unpaired) electrons. The second kappa shape index (κ2) is 4.94. The van der Waals surface area contributed by atoms with E-state index in [1.54, 1.807) is 0 Å². The zero-order valence-electron chi connectivity index (χ0n) is 10.4. The van der Waals surface area contributed by atoms with E-state index in [2.05, 4.69) is 10.2 Å². The van der Waals surface area contributed by atoms with Gasteiger partial charge in [0.15, 0.2) is 0 Å². The van der Waals surface area contributed by atoms with Crippen LogP contribution in [0.3, 0.4) is 0 Å². The van der Waals surface area contributed by atoms with Gasteiger partial charge in [0.1, 0.15) is 0 Å². The van der Waals surface area contributed by atoms with E-state index >= 15 is 0 Å². The molecule has 0 spiro atoms. The Kier molecular flexibility index (Phi) is 3.34. The van der Waals surface area contributed by atoms with Crippen LogP contribution in [0.2, 0.25) is 0 Å². The number of ether oxygens (including phenoxy) is 1. The maximum atomic E-state index is 12.4. The van der Waals surface area contributed by atoms with E-state index in [1.165, 1.54) is 12.8 Å². The van der Waals surface area contributed by atoms with Crippen molar-refractivity contribution in [2.24, 2.45) is 0 Å². The molecular formula is C13H22N2O2. The molecular weight excluding hydrogens is 216 g/mol. The minimum atomic E-state index is 0.193. The van der Waals surface area contributed by atoms with Crippen LogP contribution in [0.4, 0.5) is 0 Å². The quantitative estimate of drug-likeness (QED) is 0.777. The molecule has 1 amide bonds. The Morgan fingerprint density at radius 2 is 2.12 bits per heavy atom. The first-order chi connectivity index (χ1) is 8.34. The summed E-state index contributed by atoms with van der Waals surface area (Å²) >= 11 is 0. The van der Waals surface area contributed by atoms with E-state index < -0.39 is 0 Å². The molecule has 3 fully saturated rings. The number of amides is 1. The average Bonchev–Trinajstić information content (AvgIpc) is 2.85. The summed E-state index contributed by atoms with van der Waals surface area (Å²) in [5.41, 5.74) is 0. The first-order valence-electron chi connectivity index (χ1n) is 6.98. The molecule has 3 heterocycles. The molecule has 3 saturated heterocycles. The van der Waals surface area contributed by atoms with Crippen LogP contribution in [0.25, 0.3) is 0 Å². The number of nitrogens with zero attached hydrogens (tertiary/aromatic N) is 1. The SMILES string of the molecule is O=C(CC1CCCO1)N1C2CCNCC1CC2. The van der Waals surface area contributed by atoms with Crippen molar-refractivity contribution in [2.75, 3.05) is 19.7 Å². The minimum absolute atomic E-state index is 0.193. The van der Waals surface area contributed by atoms with Gasteiger partial charge < -0.3 is 15.0 Å². The van der Waals surface area contributed by atoms with Crippen LogP contribution in [0.15, 0.2) is 0 Å². The molecule has 96 valence electrons. The van der Waals surface area contributed by atoms with Crippen LogP contribution in [0, 0.1) is 0 Å². The first-order valence-corrected chi connectivity index (χ1v) is 6.98. The highest BCUT2D eigenvalue weighted by atomic mass is 16.5. The fourth-order valence-corrected chi connectivity index (χ4v) is 3.50. The molecule has 1 N–H and O–H groups in total. The molecule has 0 aromatic carbocycles. The van der Waals surface area contributed by atoms with Crippen LogP contribution < -0.4 is 5.32 Å². The first kappa shape index (κ1) is 11.5. The third kappa shape index (κ3) is 2.33. The summed E-state index contributed by atoms with van der Waals surface area (Å²) in [6.07, 6.45) is 6.47. The van der Waals surface area contributed by atoms with Crippen molar-refractivity contribution >= 4 is 5.91 Å². The predicted octanol–water partition coefficient (Wildman–Crippen LogP) is 0.908. The Bertz CT molecular complexity index is 275. The predicted molar refractivity (Wildman–Crippen MR) is 64.7 cm³/mol. The molecule has 3 aliphatic rings. The summed E-state index contributed by atoms with van der Waals surface area (Å²) in [4.78, 5) is 14.6. The van der Waals surface area contributed by atoms with E-state index in [-0.39, 0.29) is 6.10 Å². The average molecular weight is 238 g/mol. The second-order valence-corrected chi connectivity index (χ2v) is 5.52. The van der Waals surface area contributed by atoms with Gasteiger partial charge in [-0.15, -0.1) is 0 Å². The molecule has 17 heavy (non-hydrogen) atoms. The third-order valence-electron chi connectivity index (χ3n) is 4.37. The van der Waals surface area contributed by atoms with Gasteiger partial charge in [0.25, 0.3) is 0 Å². The minimum Gasteiger partial charge on any atom is -0.378 e. The summed E-state index contributed by atoms with van der Waals surface area (Å²) in [5, 5.41) is 3.43. The topological polar surface area (TPSA) is 41.6 Å². The molecule has 0 aromatic heterocycles. The van der Waals surface area contributed by atoms with Crippen LogP contribution >= 0.6 is 0 Å². The van der Waals surface area contributed by atoms with Crippen molar-refractivity contribution in [3.63, 3.8) is 0 Å². The smallest absolute Gasteiger partial charge is 0.225 e. The lowest BCUT2D eigenvalue weighted by molar-refractivity contribution is -0.136. The lowest BCUT2D eigenvalue weighted by Crippen LogP contribution is -2.43. The van der Waals surface area contributed by atoms with Crippen molar-refractivity contribution in [2.45, 2.75) is 56.7 Å². The summed E-state index contributed by atoms with van der Waals surface area (Å²) in [6.45, 7) is 2.88. The van der Waals surface area contributed by atoms with Crippen LogP contribution in [0.5, 0.6) is 0 Å². The Hall–Kier alpha value is -0.610. The normalized spacial score (nSPS) is 37.2. The Labute approximate surface area is 103 Å². The number of nitrogens with one attached hydrogen (secondary N) is 1. The van der Waals surface area contributed by atoms with Gasteiger partial charge in [0.05, 0.1) is 12.5 Å². The van der Waals surface area contributed by atoms with Crippen molar-refractivity contribution in [3.8, 4) is 0 Å². The van der Waals surface area contributed by atoms with E-state index in [0.29, 0.717) is 24.4 Å². The van der Waals surface area contributed by atoms with Gasteiger partial charge >= 0.3 is 0 Å². The number of carbonyl (C=O) groups is 1. The molecule has 0 saturated carbocycles. The van der Waals surface area contributed by atoms with Gasteiger partial charge in [-0.3, -0.25) is 4.79 Å². The maximum absolute atomic E-state index is 12.4. The van der Waals surface area contributed by atoms with Crippen molar-refractivity contribution < 1.29 is 9.53 Å². The van der Waals surface area contributed by atoms with Crippen molar-refractivity contribution in [1.82, 2.24) is 10.2 Å². The standard InChI is InChI=1S/C13H22N2O2/c16-13(8-12-2-1-7-17-12)15-10-3-4-11(15)9-14-6-5-10/h10-12,14H,1-9H2. The van der Waals surface area contributed by atoms with E-state index in [9.17, 15) is 4.79 Å². The molecule has 3 atom stereocenters. The molecule has 4 nitrogen and oxygen atoms in total. The Morgan fingerprint density at radius 3 is 2.94 bits per heavy atom. The van der Waals surface area contributed by atoms with Crippen LogP contribution in [0.1, 0.15) is 38.5 Å². The number of fused-ring (bicyclic) bond motifs is 2. The largest absolute Gasteiger partial charge is 0.378 e. The van der Waals surface area contributed by atoms with E-state index in [0.717, 1.165) is 39.0 Å². The lowest BCUT2D eigenvalue weighted by Gasteiger charge is -2.28. The fraction of sp³-hybridized carbons (Fsp3) is 0.923. The highest BCUT2D eigenvalue weighted by molar-refractivity contribution is 5.78.